The van der Waals surface area contributed by atoms with Crippen molar-refractivity contribution in [2.24, 2.45) is 0 Å². The van der Waals surface area contributed by atoms with E-state index in [2.05, 4.69) is 15.6 Å². The van der Waals surface area contributed by atoms with Gasteiger partial charge in [-0.3, -0.25) is 14.5 Å². The van der Waals surface area contributed by atoms with Crippen LogP contribution in [0.5, 0.6) is 0 Å². The van der Waals surface area contributed by atoms with Crippen LogP contribution < -0.4 is 10.6 Å². The summed E-state index contributed by atoms with van der Waals surface area (Å²) in [7, 11) is 0. The molecule has 1 saturated heterocycles. The molecule has 0 saturated carbocycles. The maximum absolute atomic E-state index is 13.8. The number of halogens is 2. The van der Waals surface area contributed by atoms with Crippen molar-refractivity contribution >= 4 is 46.0 Å². The normalized spacial score (nSPS) is 16.3. The molecule has 2 aromatic carbocycles. The van der Waals surface area contributed by atoms with Gasteiger partial charge in [0.2, 0.25) is 5.91 Å². The van der Waals surface area contributed by atoms with Crippen LogP contribution in [0.25, 0.3) is 10.9 Å². The van der Waals surface area contributed by atoms with Crippen LogP contribution >= 0.6 is 11.6 Å². The number of carbonyl (C=O) groups excluding carboxylic acids is 3. The maximum Gasteiger partial charge on any atom is 0.325 e. The van der Waals surface area contributed by atoms with E-state index < -0.39 is 36.2 Å². The molecule has 0 unspecified atom stereocenters. The van der Waals surface area contributed by atoms with Gasteiger partial charge in [0.15, 0.2) is 0 Å². The molecule has 2 heterocycles. The van der Waals surface area contributed by atoms with Crippen molar-refractivity contribution in [3.63, 3.8) is 0 Å². The lowest BCUT2D eigenvalue weighted by Crippen LogP contribution is -2.38. The summed E-state index contributed by atoms with van der Waals surface area (Å²) < 4.78 is 13.8. The van der Waals surface area contributed by atoms with Gasteiger partial charge in [0.25, 0.3) is 5.91 Å². The summed E-state index contributed by atoms with van der Waals surface area (Å²) in [5.41, 5.74) is 1.73. The summed E-state index contributed by atoms with van der Waals surface area (Å²) in [6.07, 6.45) is 2.08. The maximum atomic E-state index is 13.8. The Hall–Kier alpha value is -3.39. The van der Waals surface area contributed by atoms with Crippen molar-refractivity contribution in [3.05, 3.63) is 65.1 Å². The Morgan fingerprint density at radius 1 is 1.21 bits per heavy atom. The van der Waals surface area contributed by atoms with E-state index in [1.807, 2.05) is 24.3 Å². The highest BCUT2D eigenvalue weighted by atomic mass is 35.5. The summed E-state index contributed by atoms with van der Waals surface area (Å²) in [6, 6.07) is 9.98. The molecule has 29 heavy (non-hydrogen) atoms. The number of rotatable bonds is 5. The molecule has 1 aliphatic rings. The largest absolute Gasteiger partial charge is 0.361 e. The molecule has 0 aliphatic carbocycles. The molecule has 1 aromatic heterocycles. The minimum Gasteiger partial charge on any atom is -0.361 e. The van der Waals surface area contributed by atoms with Crippen LogP contribution in [0.15, 0.2) is 48.7 Å². The number of para-hydroxylation sites is 1. The van der Waals surface area contributed by atoms with Gasteiger partial charge in [-0.1, -0.05) is 29.8 Å². The average Bonchev–Trinajstić information content (AvgIpc) is 3.21. The van der Waals surface area contributed by atoms with Crippen LogP contribution in [0.4, 0.5) is 14.9 Å². The Morgan fingerprint density at radius 2 is 2.00 bits per heavy atom. The fraction of sp³-hybridized carbons (Fsp3) is 0.150. The second kappa shape index (κ2) is 7.56. The number of amides is 4. The number of hydrogen-bond acceptors (Lipinski definition) is 3. The molecule has 0 radical (unpaired) electrons. The lowest BCUT2D eigenvalue weighted by atomic mass is 10.1. The standard InChI is InChI=1S/C20H16ClFN4O3/c21-12-5-6-16(14(22)8-12)24-18(27)10-26-19(28)17(25-20(26)29)7-11-9-23-15-4-2-1-3-13(11)15/h1-6,8-9,17,23H,7,10H2,(H,24,27)(H,25,29)/t17-/m0/s1. The molecule has 4 rings (SSSR count). The number of aromatic nitrogens is 1. The monoisotopic (exact) mass is 414 g/mol. The number of hydrogen-bond donors (Lipinski definition) is 3. The predicted molar refractivity (Wildman–Crippen MR) is 106 cm³/mol. The predicted octanol–water partition coefficient (Wildman–Crippen LogP) is 3.06. The van der Waals surface area contributed by atoms with Crippen molar-refractivity contribution in [3.8, 4) is 0 Å². The molecule has 3 aromatic rings. The third-order valence-electron chi connectivity index (χ3n) is 4.71. The van der Waals surface area contributed by atoms with E-state index in [1.54, 1.807) is 6.20 Å². The second-order valence-electron chi connectivity index (χ2n) is 6.66. The van der Waals surface area contributed by atoms with E-state index in [1.165, 1.54) is 12.1 Å². The fourth-order valence-electron chi connectivity index (χ4n) is 3.31. The Balaban J connectivity index is 1.43. The first kappa shape index (κ1) is 18.9. The van der Waals surface area contributed by atoms with Crippen LogP contribution in [-0.4, -0.2) is 40.3 Å². The molecule has 1 aliphatic heterocycles. The Labute approximate surface area is 169 Å². The molecule has 1 fully saturated rings. The fourth-order valence-corrected chi connectivity index (χ4v) is 3.47. The van der Waals surface area contributed by atoms with Gasteiger partial charge < -0.3 is 15.6 Å². The van der Waals surface area contributed by atoms with Crippen molar-refractivity contribution < 1.29 is 18.8 Å². The molecular weight excluding hydrogens is 399 g/mol. The van der Waals surface area contributed by atoms with Gasteiger partial charge in [0, 0.05) is 28.5 Å². The summed E-state index contributed by atoms with van der Waals surface area (Å²) in [5, 5.41) is 6.09. The second-order valence-corrected chi connectivity index (χ2v) is 7.10. The van der Waals surface area contributed by atoms with Gasteiger partial charge >= 0.3 is 6.03 Å². The minimum atomic E-state index is -0.776. The number of fused-ring (bicyclic) bond motifs is 1. The van der Waals surface area contributed by atoms with E-state index in [0.29, 0.717) is 6.42 Å². The molecule has 9 heteroatoms. The van der Waals surface area contributed by atoms with Crippen LogP contribution in [0, 0.1) is 5.82 Å². The molecular formula is C20H16ClFN4O3. The van der Waals surface area contributed by atoms with Crippen molar-refractivity contribution in [2.45, 2.75) is 12.5 Å². The number of imide groups is 1. The van der Waals surface area contributed by atoms with E-state index in [0.717, 1.165) is 27.4 Å². The zero-order valence-electron chi connectivity index (χ0n) is 15.0. The van der Waals surface area contributed by atoms with Crippen LogP contribution in [0.2, 0.25) is 5.02 Å². The highest BCUT2D eigenvalue weighted by molar-refractivity contribution is 6.30. The van der Waals surface area contributed by atoms with E-state index in [4.69, 9.17) is 11.6 Å². The van der Waals surface area contributed by atoms with Gasteiger partial charge in [-0.25, -0.2) is 9.18 Å². The van der Waals surface area contributed by atoms with Crippen LogP contribution in [0.3, 0.4) is 0 Å². The van der Waals surface area contributed by atoms with Crippen LogP contribution in [0.1, 0.15) is 5.56 Å². The van der Waals surface area contributed by atoms with Gasteiger partial charge in [-0.15, -0.1) is 0 Å². The first-order valence-electron chi connectivity index (χ1n) is 8.84. The number of aromatic amines is 1. The highest BCUT2D eigenvalue weighted by Crippen LogP contribution is 2.22. The van der Waals surface area contributed by atoms with E-state index in [-0.39, 0.29) is 10.7 Å². The van der Waals surface area contributed by atoms with E-state index in [9.17, 15) is 18.8 Å². The number of urea groups is 1. The summed E-state index contributed by atoms with van der Waals surface area (Å²) in [6.45, 7) is -0.517. The third kappa shape index (κ3) is 3.79. The number of benzene rings is 2. The topological polar surface area (TPSA) is 94.3 Å². The van der Waals surface area contributed by atoms with Crippen molar-refractivity contribution in [2.75, 3.05) is 11.9 Å². The average molecular weight is 415 g/mol. The molecule has 3 N–H and O–H groups in total. The lowest BCUT2D eigenvalue weighted by molar-refractivity contribution is -0.130. The Kier molecular flexibility index (Phi) is 4.94. The van der Waals surface area contributed by atoms with Gasteiger partial charge in [-0.2, -0.15) is 0 Å². The van der Waals surface area contributed by atoms with Gasteiger partial charge in [0.05, 0.1) is 5.69 Å². The molecule has 4 amide bonds. The van der Waals surface area contributed by atoms with Crippen molar-refractivity contribution in [1.82, 2.24) is 15.2 Å². The van der Waals surface area contributed by atoms with Gasteiger partial charge in [-0.05, 0) is 29.8 Å². The first-order chi connectivity index (χ1) is 13.9. The first-order valence-corrected chi connectivity index (χ1v) is 9.22. The minimum absolute atomic E-state index is 0.0817. The summed E-state index contributed by atoms with van der Waals surface area (Å²) in [4.78, 5) is 41.0. The molecule has 0 bridgehead atoms. The number of nitrogens with one attached hydrogen (secondary N) is 3. The summed E-state index contributed by atoms with van der Waals surface area (Å²) in [5.74, 6) is -1.91. The lowest BCUT2D eigenvalue weighted by Gasteiger charge is -2.13. The highest BCUT2D eigenvalue weighted by Gasteiger charge is 2.39. The third-order valence-corrected chi connectivity index (χ3v) is 4.95. The number of nitrogens with zero attached hydrogens (tertiary/aromatic N) is 1. The van der Waals surface area contributed by atoms with E-state index >= 15 is 0 Å². The Bertz CT molecular complexity index is 1130. The number of H-pyrrole nitrogens is 1. The SMILES string of the molecule is O=C(CN1C(=O)N[C@@H](Cc2c[nH]c3ccccc23)C1=O)Nc1ccc(Cl)cc1F. The number of carbonyl (C=O) groups is 3. The Morgan fingerprint density at radius 3 is 2.79 bits per heavy atom. The molecule has 148 valence electrons. The molecule has 0 spiro atoms. The summed E-state index contributed by atoms with van der Waals surface area (Å²) >= 11 is 5.68. The quantitative estimate of drug-likeness (QED) is 0.560. The zero-order chi connectivity index (χ0) is 20.5. The van der Waals surface area contributed by atoms with Gasteiger partial charge in [0.1, 0.15) is 18.4 Å². The molecule has 1 atom stereocenters. The van der Waals surface area contributed by atoms with Crippen molar-refractivity contribution in [1.29, 1.82) is 0 Å². The van der Waals surface area contributed by atoms with Crippen LogP contribution in [-0.2, 0) is 16.0 Å². The molecule has 7 nitrogen and oxygen atoms in total. The number of anilines is 1. The zero-order valence-corrected chi connectivity index (χ0v) is 15.8. The smallest absolute Gasteiger partial charge is 0.325 e.